The lowest BCUT2D eigenvalue weighted by Gasteiger charge is -2.10. The lowest BCUT2D eigenvalue weighted by molar-refractivity contribution is 0.846. The summed E-state index contributed by atoms with van der Waals surface area (Å²) in [5.74, 6) is 0.501. The molecule has 0 aliphatic carbocycles. The first kappa shape index (κ1) is 15.2. The molecule has 0 aliphatic rings. The van der Waals surface area contributed by atoms with Gasteiger partial charge in [-0.25, -0.2) is 0 Å². The van der Waals surface area contributed by atoms with Crippen LogP contribution in [0.2, 0.25) is 0 Å². The fraction of sp³-hybridized carbons (Fsp3) is 0.417. The summed E-state index contributed by atoms with van der Waals surface area (Å²) in [4.78, 5) is 3.85. The van der Waals surface area contributed by atoms with Crippen LogP contribution in [0.3, 0.4) is 0 Å². The molecule has 0 bridgehead atoms. The summed E-state index contributed by atoms with van der Waals surface area (Å²) >= 11 is 0. The monoisotopic (exact) mass is 333 g/mol. The van der Waals surface area contributed by atoms with E-state index in [1.807, 2.05) is 0 Å². The molecule has 0 heterocycles. The van der Waals surface area contributed by atoms with Crippen molar-refractivity contribution in [2.75, 3.05) is 13.6 Å². The van der Waals surface area contributed by atoms with Gasteiger partial charge in [0.05, 0.1) is 0 Å². The molecule has 0 aliphatic heterocycles. The lowest BCUT2D eigenvalue weighted by atomic mass is 10.0. The fourth-order valence-corrected chi connectivity index (χ4v) is 1.64. The van der Waals surface area contributed by atoms with E-state index in [1.165, 1.54) is 16.7 Å². The van der Waals surface area contributed by atoms with Crippen molar-refractivity contribution in [1.82, 2.24) is 5.32 Å². The van der Waals surface area contributed by atoms with Crippen LogP contribution in [0.4, 0.5) is 0 Å². The molecule has 1 aromatic rings. The number of guanidine groups is 1. The average molecular weight is 333 g/mol. The Morgan fingerprint density at radius 2 is 1.88 bits per heavy atom. The number of rotatable bonds is 3. The van der Waals surface area contributed by atoms with Gasteiger partial charge in [-0.2, -0.15) is 0 Å². The van der Waals surface area contributed by atoms with Crippen LogP contribution < -0.4 is 11.1 Å². The molecule has 90 valence electrons. The molecule has 0 atom stereocenters. The van der Waals surface area contributed by atoms with Crippen LogP contribution in [-0.4, -0.2) is 19.6 Å². The smallest absolute Gasteiger partial charge is 0.188 e. The summed E-state index contributed by atoms with van der Waals surface area (Å²) in [7, 11) is 1.68. The van der Waals surface area contributed by atoms with Gasteiger partial charge in [0, 0.05) is 13.6 Å². The first-order valence-corrected chi connectivity index (χ1v) is 5.16. The normalized spacial score (nSPS) is 10.8. The van der Waals surface area contributed by atoms with Gasteiger partial charge in [-0.3, -0.25) is 4.99 Å². The SMILES string of the molecule is CN=C(N)NCCc1c(C)cccc1C.I. The summed E-state index contributed by atoms with van der Waals surface area (Å²) < 4.78 is 0. The zero-order chi connectivity index (χ0) is 11.3. The second-order valence-corrected chi connectivity index (χ2v) is 3.66. The number of nitrogens with two attached hydrogens (primary N) is 1. The number of hydrogen-bond acceptors (Lipinski definition) is 1. The van der Waals surface area contributed by atoms with Gasteiger partial charge in [0.2, 0.25) is 0 Å². The number of benzene rings is 1. The highest BCUT2D eigenvalue weighted by molar-refractivity contribution is 14.0. The van der Waals surface area contributed by atoms with Crippen LogP contribution in [0.15, 0.2) is 23.2 Å². The number of nitrogens with one attached hydrogen (secondary N) is 1. The van der Waals surface area contributed by atoms with Gasteiger partial charge in [0.15, 0.2) is 5.96 Å². The largest absolute Gasteiger partial charge is 0.370 e. The summed E-state index contributed by atoms with van der Waals surface area (Å²) in [5.41, 5.74) is 9.62. The highest BCUT2D eigenvalue weighted by atomic mass is 127. The summed E-state index contributed by atoms with van der Waals surface area (Å²) in [6, 6.07) is 6.36. The second kappa shape index (κ2) is 7.49. The van der Waals surface area contributed by atoms with E-state index in [0.29, 0.717) is 5.96 Å². The highest BCUT2D eigenvalue weighted by Crippen LogP contribution is 2.13. The first-order chi connectivity index (χ1) is 7.15. The van der Waals surface area contributed by atoms with Gasteiger partial charge in [0.1, 0.15) is 0 Å². The number of aliphatic imine (C=N–C) groups is 1. The van der Waals surface area contributed by atoms with E-state index in [-0.39, 0.29) is 24.0 Å². The van der Waals surface area contributed by atoms with Crippen LogP contribution in [0.25, 0.3) is 0 Å². The summed E-state index contributed by atoms with van der Waals surface area (Å²) in [6.07, 6.45) is 0.981. The molecular formula is C12H20IN3. The van der Waals surface area contributed by atoms with Gasteiger partial charge in [-0.05, 0) is 37.0 Å². The maximum absolute atomic E-state index is 5.55. The molecule has 1 aromatic carbocycles. The van der Waals surface area contributed by atoms with Gasteiger partial charge in [-0.1, -0.05) is 18.2 Å². The zero-order valence-corrected chi connectivity index (χ0v) is 12.4. The molecule has 0 amide bonds. The Balaban J connectivity index is 0.00000225. The summed E-state index contributed by atoms with van der Waals surface area (Å²) in [5, 5.41) is 3.06. The Labute approximate surface area is 115 Å². The highest BCUT2D eigenvalue weighted by Gasteiger charge is 2.01. The van der Waals surface area contributed by atoms with E-state index >= 15 is 0 Å². The maximum Gasteiger partial charge on any atom is 0.188 e. The maximum atomic E-state index is 5.55. The zero-order valence-electron chi connectivity index (χ0n) is 10.1. The van der Waals surface area contributed by atoms with Crippen molar-refractivity contribution in [1.29, 1.82) is 0 Å². The van der Waals surface area contributed by atoms with Gasteiger partial charge in [0.25, 0.3) is 0 Å². The molecule has 4 heteroatoms. The Morgan fingerprint density at radius 1 is 1.31 bits per heavy atom. The van der Waals surface area contributed by atoms with Crippen molar-refractivity contribution in [2.24, 2.45) is 10.7 Å². The Bertz CT molecular complexity index is 341. The molecule has 0 unspecified atom stereocenters. The third kappa shape index (κ3) is 4.38. The van der Waals surface area contributed by atoms with Crippen LogP contribution in [-0.2, 0) is 6.42 Å². The molecule has 0 spiro atoms. The molecule has 0 saturated carbocycles. The molecule has 0 saturated heterocycles. The molecule has 3 nitrogen and oxygen atoms in total. The number of aryl methyl sites for hydroxylation is 2. The van der Waals surface area contributed by atoms with E-state index in [0.717, 1.165) is 13.0 Å². The number of nitrogens with zero attached hydrogens (tertiary/aromatic N) is 1. The van der Waals surface area contributed by atoms with Crippen molar-refractivity contribution >= 4 is 29.9 Å². The van der Waals surface area contributed by atoms with Crippen molar-refractivity contribution in [3.05, 3.63) is 34.9 Å². The topological polar surface area (TPSA) is 50.4 Å². The number of halogens is 1. The Morgan fingerprint density at radius 3 is 2.38 bits per heavy atom. The molecule has 0 fully saturated rings. The van der Waals surface area contributed by atoms with E-state index < -0.39 is 0 Å². The van der Waals surface area contributed by atoms with Crippen LogP contribution in [0.1, 0.15) is 16.7 Å². The van der Waals surface area contributed by atoms with Crippen molar-refractivity contribution < 1.29 is 0 Å². The van der Waals surface area contributed by atoms with Crippen LogP contribution >= 0.6 is 24.0 Å². The van der Waals surface area contributed by atoms with Crippen molar-refractivity contribution in [2.45, 2.75) is 20.3 Å². The fourth-order valence-electron chi connectivity index (χ4n) is 1.64. The predicted octanol–water partition coefficient (Wildman–Crippen LogP) is 2.00. The van der Waals surface area contributed by atoms with Gasteiger partial charge >= 0.3 is 0 Å². The Hall–Kier alpha value is -0.780. The predicted molar refractivity (Wildman–Crippen MR) is 80.6 cm³/mol. The van der Waals surface area contributed by atoms with E-state index in [2.05, 4.69) is 42.4 Å². The molecule has 3 N–H and O–H groups in total. The Kier molecular flexibility index (Phi) is 7.12. The lowest BCUT2D eigenvalue weighted by Crippen LogP contribution is -2.33. The van der Waals surface area contributed by atoms with Gasteiger partial charge in [-0.15, -0.1) is 24.0 Å². The van der Waals surface area contributed by atoms with Crippen molar-refractivity contribution in [3.8, 4) is 0 Å². The average Bonchev–Trinajstić information content (AvgIpc) is 2.22. The molecular weight excluding hydrogens is 313 g/mol. The third-order valence-electron chi connectivity index (χ3n) is 2.57. The minimum absolute atomic E-state index is 0. The molecule has 1 rings (SSSR count). The standard InChI is InChI=1S/C12H19N3.HI/c1-9-5-4-6-10(2)11(9)7-8-15-12(13)14-3;/h4-6H,7-8H2,1-3H3,(H3,13,14,15);1H. The second-order valence-electron chi connectivity index (χ2n) is 3.66. The molecule has 0 aromatic heterocycles. The minimum atomic E-state index is 0. The van der Waals surface area contributed by atoms with E-state index in [1.54, 1.807) is 7.05 Å². The van der Waals surface area contributed by atoms with Crippen LogP contribution in [0, 0.1) is 13.8 Å². The molecule has 16 heavy (non-hydrogen) atoms. The molecule has 0 radical (unpaired) electrons. The summed E-state index contributed by atoms with van der Waals surface area (Å²) in [6.45, 7) is 5.11. The van der Waals surface area contributed by atoms with Crippen LogP contribution in [0.5, 0.6) is 0 Å². The minimum Gasteiger partial charge on any atom is -0.370 e. The number of hydrogen-bond donors (Lipinski definition) is 2. The first-order valence-electron chi connectivity index (χ1n) is 5.16. The van der Waals surface area contributed by atoms with E-state index in [9.17, 15) is 0 Å². The van der Waals surface area contributed by atoms with E-state index in [4.69, 9.17) is 5.73 Å². The van der Waals surface area contributed by atoms with Crippen molar-refractivity contribution in [3.63, 3.8) is 0 Å². The quantitative estimate of drug-likeness (QED) is 0.505. The third-order valence-corrected chi connectivity index (χ3v) is 2.57. The van der Waals surface area contributed by atoms with Gasteiger partial charge < -0.3 is 11.1 Å².